The molecule has 3 rings (SSSR count). The summed E-state index contributed by atoms with van der Waals surface area (Å²) in [5, 5.41) is 2.79. The molecule has 0 saturated carbocycles. The van der Waals surface area contributed by atoms with Crippen LogP contribution in [0.2, 0.25) is 0 Å². The van der Waals surface area contributed by atoms with E-state index >= 15 is 0 Å². The number of aryl methyl sites for hydroxylation is 2. The summed E-state index contributed by atoms with van der Waals surface area (Å²) in [6, 6.07) is 3.72. The molecule has 5 nitrogen and oxygen atoms in total. The maximum atomic E-state index is 12.0. The first-order chi connectivity index (χ1) is 9.11. The molecule has 0 atom stereocenters. The number of carbonyl (C=O) groups excluding carboxylic acids is 1. The Morgan fingerprint density at radius 1 is 1.42 bits per heavy atom. The number of furan rings is 1. The molecule has 3 heterocycles. The van der Waals surface area contributed by atoms with Gasteiger partial charge in [0.05, 0.1) is 6.54 Å². The second kappa shape index (κ2) is 4.55. The molecule has 0 radical (unpaired) electrons. The van der Waals surface area contributed by atoms with E-state index < -0.39 is 0 Å². The van der Waals surface area contributed by atoms with Crippen LogP contribution in [0.5, 0.6) is 0 Å². The van der Waals surface area contributed by atoms with Crippen molar-refractivity contribution >= 4 is 22.2 Å². The molecule has 19 heavy (non-hydrogen) atoms. The van der Waals surface area contributed by atoms with E-state index in [1.165, 1.54) is 4.88 Å². The van der Waals surface area contributed by atoms with Crippen LogP contribution in [-0.4, -0.2) is 15.3 Å². The van der Waals surface area contributed by atoms with Gasteiger partial charge >= 0.3 is 0 Å². The highest BCUT2D eigenvalue weighted by molar-refractivity contribution is 7.17. The van der Waals surface area contributed by atoms with Gasteiger partial charge in [-0.15, -0.1) is 11.3 Å². The molecule has 3 aromatic rings. The van der Waals surface area contributed by atoms with Crippen LogP contribution in [0.1, 0.15) is 26.9 Å². The second-order valence-electron chi connectivity index (χ2n) is 4.35. The SMILES string of the molecule is Cc1ccc(CNC(=O)c2cn3cc(C)sc3n2)o1. The van der Waals surface area contributed by atoms with Crippen LogP contribution in [0.25, 0.3) is 4.96 Å². The van der Waals surface area contributed by atoms with Crippen LogP contribution in [0.3, 0.4) is 0 Å². The smallest absolute Gasteiger partial charge is 0.271 e. The highest BCUT2D eigenvalue weighted by Gasteiger charge is 2.12. The first-order valence-electron chi connectivity index (χ1n) is 5.90. The van der Waals surface area contributed by atoms with Gasteiger partial charge in [0.25, 0.3) is 5.91 Å². The molecule has 3 aromatic heterocycles. The first-order valence-corrected chi connectivity index (χ1v) is 6.72. The molecule has 0 unspecified atom stereocenters. The van der Waals surface area contributed by atoms with Crippen molar-refractivity contribution in [3.8, 4) is 0 Å². The van der Waals surface area contributed by atoms with Gasteiger partial charge in [0.1, 0.15) is 17.2 Å². The monoisotopic (exact) mass is 275 g/mol. The van der Waals surface area contributed by atoms with Crippen molar-refractivity contribution in [2.75, 3.05) is 0 Å². The van der Waals surface area contributed by atoms with Gasteiger partial charge in [0, 0.05) is 17.3 Å². The minimum Gasteiger partial charge on any atom is -0.465 e. The van der Waals surface area contributed by atoms with Gasteiger partial charge in [-0.25, -0.2) is 4.98 Å². The molecule has 1 N–H and O–H groups in total. The van der Waals surface area contributed by atoms with Gasteiger partial charge in [-0.1, -0.05) is 0 Å². The molecule has 0 fully saturated rings. The van der Waals surface area contributed by atoms with Gasteiger partial charge in [0.2, 0.25) is 0 Å². The van der Waals surface area contributed by atoms with E-state index in [1.54, 1.807) is 17.5 Å². The molecule has 0 spiro atoms. The molecular formula is C13H13N3O2S. The third kappa shape index (κ3) is 2.39. The van der Waals surface area contributed by atoms with Gasteiger partial charge < -0.3 is 9.73 Å². The first kappa shape index (κ1) is 12.0. The van der Waals surface area contributed by atoms with Crippen molar-refractivity contribution in [3.63, 3.8) is 0 Å². The van der Waals surface area contributed by atoms with E-state index in [0.717, 1.165) is 16.5 Å². The number of nitrogens with one attached hydrogen (secondary N) is 1. The number of fused-ring (bicyclic) bond motifs is 1. The summed E-state index contributed by atoms with van der Waals surface area (Å²) < 4.78 is 7.26. The van der Waals surface area contributed by atoms with Crippen LogP contribution in [0.4, 0.5) is 0 Å². The Morgan fingerprint density at radius 2 is 2.26 bits per heavy atom. The number of amides is 1. The normalized spacial score (nSPS) is 11.1. The molecule has 1 amide bonds. The minimum absolute atomic E-state index is 0.192. The molecular weight excluding hydrogens is 262 g/mol. The minimum atomic E-state index is -0.192. The summed E-state index contributed by atoms with van der Waals surface area (Å²) in [5.74, 6) is 1.38. The van der Waals surface area contributed by atoms with Crippen molar-refractivity contribution in [1.29, 1.82) is 0 Å². The number of aromatic nitrogens is 2. The standard InChI is InChI=1S/C13H13N3O2S/c1-8-3-4-10(18-8)5-14-12(17)11-7-16-6-9(2)19-13(16)15-11/h3-4,6-7H,5H2,1-2H3,(H,14,17). The maximum absolute atomic E-state index is 12.0. The summed E-state index contributed by atoms with van der Waals surface area (Å²) in [6.07, 6.45) is 3.70. The lowest BCUT2D eigenvalue weighted by Gasteiger charge is -1.99. The largest absolute Gasteiger partial charge is 0.465 e. The topological polar surface area (TPSA) is 59.5 Å². The lowest BCUT2D eigenvalue weighted by atomic mass is 10.4. The van der Waals surface area contributed by atoms with Crippen molar-refractivity contribution in [2.45, 2.75) is 20.4 Å². The van der Waals surface area contributed by atoms with Gasteiger partial charge in [-0.2, -0.15) is 0 Å². The van der Waals surface area contributed by atoms with Crippen LogP contribution >= 0.6 is 11.3 Å². The Morgan fingerprint density at radius 3 is 2.95 bits per heavy atom. The molecule has 0 aromatic carbocycles. The van der Waals surface area contributed by atoms with Crippen LogP contribution in [-0.2, 0) is 6.54 Å². The zero-order valence-electron chi connectivity index (χ0n) is 10.6. The summed E-state index contributed by atoms with van der Waals surface area (Å²) in [7, 11) is 0. The Kier molecular flexibility index (Phi) is 2.87. The van der Waals surface area contributed by atoms with Crippen molar-refractivity contribution in [1.82, 2.24) is 14.7 Å². The zero-order valence-corrected chi connectivity index (χ0v) is 11.5. The Balaban J connectivity index is 1.71. The third-order valence-corrected chi connectivity index (χ3v) is 3.64. The van der Waals surface area contributed by atoms with E-state index in [-0.39, 0.29) is 5.91 Å². The number of rotatable bonds is 3. The Hall–Kier alpha value is -2.08. The van der Waals surface area contributed by atoms with Gasteiger partial charge in [-0.05, 0) is 26.0 Å². The molecule has 98 valence electrons. The average Bonchev–Trinajstić information content (AvgIpc) is 3.00. The van der Waals surface area contributed by atoms with Crippen LogP contribution < -0.4 is 5.32 Å². The molecule has 0 aliphatic heterocycles. The van der Waals surface area contributed by atoms with E-state index in [4.69, 9.17) is 4.42 Å². The lowest BCUT2D eigenvalue weighted by molar-refractivity contribution is 0.0943. The summed E-state index contributed by atoms with van der Waals surface area (Å²) in [4.78, 5) is 18.2. The van der Waals surface area contributed by atoms with E-state index in [9.17, 15) is 4.79 Å². The molecule has 6 heteroatoms. The number of nitrogens with zero attached hydrogens (tertiary/aromatic N) is 2. The molecule has 0 saturated heterocycles. The number of imidazole rings is 1. The molecule has 0 aliphatic carbocycles. The summed E-state index contributed by atoms with van der Waals surface area (Å²) in [5.41, 5.74) is 0.425. The predicted molar refractivity (Wildman–Crippen MR) is 72.4 cm³/mol. The summed E-state index contributed by atoms with van der Waals surface area (Å²) >= 11 is 1.56. The Bertz CT molecular complexity index is 707. The number of thiazole rings is 1. The van der Waals surface area contributed by atoms with E-state index in [2.05, 4.69) is 10.3 Å². The van der Waals surface area contributed by atoms with Crippen molar-refractivity contribution in [2.24, 2.45) is 0 Å². The maximum Gasteiger partial charge on any atom is 0.271 e. The predicted octanol–water partition coefficient (Wildman–Crippen LogP) is 2.54. The van der Waals surface area contributed by atoms with Crippen molar-refractivity contribution in [3.05, 3.63) is 46.6 Å². The fraction of sp³-hybridized carbons (Fsp3) is 0.231. The highest BCUT2D eigenvalue weighted by atomic mass is 32.1. The number of hydrogen-bond acceptors (Lipinski definition) is 4. The van der Waals surface area contributed by atoms with Crippen LogP contribution in [0, 0.1) is 13.8 Å². The molecule has 0 aliphatic rings. The Labute approximate surface area is 113 Å². The van der Waals surface area contributed by atoms with Gasteiger partial charge in [-0.3, -0.25) is 9.20 Å². The number of hydrogen-bond donors (Lipinski definition) is 1. The fourth-order valence-corrected chi connectivity index (χ4v) is 2.67. The zero-order chi connectivity index (χ0) is 13.4. The lowest BCUT2D eigenvalue weighted by Crippen LogP contribution is -2.22. The number of carbonyl (C=O) groups is 1. The van der Waals surface area contributed by atoms with Crippen LogP contribution in [0.15, 0.2) is 28.9 Å². The molecule has 0 bridgehead atoms. The highest BCUT2D eigenvalue weighted by Crippen LogP contribution is 2.16. The third-order valence-electron chi connectivity index (χ3n) is 2.72. The van der Waals surface area contributed by atoms with Gasteiger partial charge in [0.15, 0.2) is 4.96 Å². The fourth-order valence-electron chi connectivity index (χ4n) is 1.86. The van der Waals surface area contributed by atoms with E-state index in [1.807, 2.05) is 36.6 Å². The quantitative estimate of drug-likeness (QED) is 0.799. The van der Waals surface area contributed by atoms with E-state index in [0.29, 0.717) is 12.2 Å². The second-order valence-corrected chi connectivity index (χ2v) is 5.57. The average molecular weight is 275 g/mol. The van der Waals surface area contributed by atoms with Crippen molar-refractivity contribution < 1.29 is 9.21 Å². The summed E-state index contributed by atoms with van der Waals surface area (Å²) in [6.45, 7) is 4.26.